The smallest absolute Gasteiger partial charge is 0.101 e. The van der Waals surface area contributed by atoms with E-state index in [-0.39, 0.29) is 5.75 Å². The van der Waals surface area contributed by atoms with E-state index in [1.807, 2.05) is 12.3 Å². The van der Waals surface area contributed by atoms with Crippen molar-refractivity contribution in [2.24, 2.45) is 0 Å². The molecule has 204 valence electrons. The number of nitrogens with zero attached hydrogens (tertiary/aromatic N) is 1. The Morgan fingerprint density at radius 2 is 1.34 bits per heavy atom. The van der Waals surface area contributed by atoms with Gasteiger partial charge in [-0.15, -0.1) is 0 Å². The Labute approximate surface area is 229 Å². The lowest BCUT2D eigenvalue weighted by atomic mass is 10.1. The largest absolute Gasteiger partial charge is 0.748 e. The molecule has 0 saturated heterocycles. The lowest BCUT2D eigenvalue weighted by Crippen LogP contribution is -3.07. The van der Waals surface area contributed by atoms with Crippen LogP contribution in [-0.4, -0.2) is 44.9 Å². The van der Waals surface area contributed by atoms with E-state index >= 15 is 0 Å². The highest BCUT2D eigenvalue weighted by Gasteiger charge is 2.09. The predicted octanol–water partition coefficient (Wildman–Crippen LogP) is 5.55. The molecule has 2 aromatic carbocycles. The monoisotopic (exact) mass is 534 g/mol. The Morgan fingerprint density at radius 3 is 1.82 bits per heavy atom. The number of rotatable bonds is 15. The molecule has 0 bridgehead atoms. The van der Waals surface area contributed by atoms with E-state index < -0.39 is 10.1 Å². The fourth-order valence-corrected chi connectivity index (χ4v) is 4.85. The van der Waals surface area contributed by atoms with Crippen LogP contribution in [0, 0.1) is 0 Å². The van der Waals surface area contributed by atoms with Crippen molar-refractivity contribution >= 4 is 34.0 Å². The molecule has 1 aliphatic rings. The number of unbranched alkanes of at least 4 members (excludes halogenated alkanes) is 2. The van der Waals surface area contributed by atoms with Gasteiger partial charge < -0.3 is 14.4 Å². The van der Waals surface area contributed by atoms with Gasteiger partial charge in [-0.05, 0) is 59.4 Å². The summed E-state index contributed by atoms with van der Waals surface area (Å²) in [4.78, 5) is 3.66. The van der Waals surface area contributed by atoms with Gasteiger partial charge in [0.2, 0.25) is 0 Å². The number of benzene rings is 2. The molecule has 38 heavy (non-hydrogen) atoms. The molecule has 0 radical (unpaired) electrons. The minimum absolute atomic E-state index is 0.296. The van der Waals surface area contributed by atoms with Gasteiger partial charge in [0.25, 0.3) is 0 Å². The van der Waals surface area contributed by atoms with Crippen LogP contribution in [0.2, 0.25) is 0 Å². The van der Waals surface area contributed by atoms with Crippen LogP contribution in [0.15, 0.2) is 78.5 Å². The normalized spacial score (nSPS) is 15.9. The lowest BCUT2D eigenvalue weighted by molar-refractivity contribution is -0.841. The predicted molar refractivity (Wildman–Crippen MR) is 160 cm³/mol. The number of quaternary nitrogens is 1. The summed E-state index contributed by atoms with van der Waals surface area (Å²) in [6.07, 6.45) is 20.0. The minimum Gasteiger partial charge on any atom is -0.748 e. The third-order valence-electron chi connectivity index (χ3n) is 6.70. The Balaban J connectivity index is 1.50. The molecule has 1 aliphatic heterocycles. The van der Waals surface area contributed by atoms with Crippen molar-refractivity contribution in [3.05, 3.63) is 95.2 Å². The van der Waals surface area contributed by atoms with Crippen molar-refractivity contribution in [2.45, 2.75) is 46.0 Å². The van der Waals surface area contributed by atoms with Crippen molar-refractivity contribution in [3.8, 4) is 0 Å². The first kappa shape index (κ1) is 29.6. The van der Waals surface area contributed by atoms with Crippen LogP contribution in [0.25, 0.3) is 18.2 Å². The average molecular weight is 535 g/mol. The summed E-state index contributed by atoms with van der Waals surface area (Å²) in [5.74, 6) is -0.296. The van der Waals surface area contributed by atoms with E-state index in [9.17, 15) is 13.0 Å². The number of hydrogen-bond acceptors (Lipinski definition) is 4. The van der Waals surface area contributed by atoms with E-state index in [0.29, 0.717) is 13.0 Å². The molecule has 3 rings (SSSR count). The molecule has 6 heteroatoms. The maximum atomic E-state index is 10.7. The summed E-state index contributed by atoms with van der Waals surface area (Å²) in [6.45, 7) is 8.16. The molecule has 1 N–H and O–H groups in total. The second-order valence-electron chi connectivity index (χ2n) is 9.88. The summed E-state index contributed by atoms with van der Waals surface area (Å²) >= 11 is 0. The van der Waals surface area contributed by atoms with Crippen molar-refractivity contribution in [1.29, 1.82) is 0 Å². The fourth-order valence-electron chi connectivity index (χ4n) is 4.35. The average Bonchev–Trinajstić information content (AvgIpc) is 2.92. The number of anilines is 1. The third kappa shape index (κ3) is 10.8. The zero-order valence-electron chi connectivity index (χ0n) is 22.8. The van der Waals surface area contributed by atoms with Crippen molar-refractivity contribution in [3.63, 3.8) is 0 Å². The van der Waals surface area contributed by atoms with Gasteiger partial charge in [-0.3, -0.25) is 0 Å². The van der Waals surface area contributed by atoms with E-state index in [4.69, 9.17) is 0 Å². The van der Waals surface area contributed by atoms with Crippen LogP contribution in [0.3, 0.4) is 0 Å². The highest BCUT2D eigenvalue weighted by atomic mass is 32.2. The van der Waals surface area contributed by atoms with E-state index in [1.54, 1.807) is 0 Å². The molecule has 0 aromatic heterocycles. The number of allylic oxidation sites excluding steroid dienone is 3. The van der Waals surface area contributed by atoms with Gasteiger partial charge in [0, 0.05) is 31.0 Å². The van der Waals surface area contributed by atoms with Crippen LogP contribution < -0.4 is 9.80 Å². The summed E-state index contributed by atoms with van der Waals surface area (Å²) in [7, 11) is -4.13. The van der Waals surface area contributed by atoms with Gasteiger partial charge in [-0.2, -0.15) is 0 Å². The van der Waals surface area contributed by atoms with Crippen molar-refractivity contribution in [1.82, 2.24) is 0 Å². The van der Waals surface area contributed by atoms with Crippen LogP contribution in [0.1, 0.15) is 62.6 Å². The Hall–Kier alpha value is -2.93. The minimum atomic E-state index is -4.13. The van der Waals surface area contributed by atoms with Gasteiger partial charge in [-0.1, -0.05) is 87.4 Å². The summed E-state index contributed by atoms with van der Waals surface area (Å²) < 4.78 is 32.2. The van der Waals surface area contributed by atoms with Gasteiger partial charge in [0.15, 0.2) is 0 Å². The maximum Gasteiger partial charge on any atom is 0.101 e. The van der Waals surface area contributed by atoms with E-state index in [2.05, 4.69) is 97.7 Å². The van der Waals surface area contributed by atoms with E-state index in [1.165, 1.54) is 36.9 Å². The first-order valence-electron chi connectivity index (χ1n) is 13.8. The Bertz CT molecular complexity index is 1200. The SMILES string of the molecule is CCCCN(CCCC)c1ccc(/C=C/c2ccc(/C=C/C3=CC[NH+](CCCS(=O)(=O)[O-])C=C3)cc2)cc1. The molecule has 0 saturated carbocycles. The zero-order valence-corrected chi connectivity index (χ0v) is 23.6. The Morgan fingerprint density at radius 1 is 0.816 bits per heavy atom. The van der Waals surface area contributed by atoms with Gasteiger partial charge >= 0.3 is 0 Å². The zero-order chi connectivity index (χ0) is 27.2. The van der Waals surface area contributed by atoms with Gasteiger partial charge in [-0.25, -0.2) is 8.42 Å². The van der Waals surface area contributed by atoms with Crippen molar-refractivity contribution in [2.75, 3.05) is 36.8 Å². The molecule has 2 aromatic rings. The van der Waals surface area contributed by atoms with Crippen LogP contribution >= 0.6 is 0 Å². The summed E-state index contributed by atoms with van der Waals surface area (Å²) in [5, 5.41) is 0. The van der Waals surface area contributed by atoms with Crippen LogP contribution in [0.4, 0.5) is 5.69 Å². The molecular formula is C32H42N2O3S. The maximum absolute atomic E-state index is 10.7. The highest BCUT2D eigenvalue weighted by Crippen LogP contribution is 2.19. The first-order chi connectivity index (χ1) is 18.4. The molecule has 1 heterocycles. The first-order valence-corrected chi connectivity index (χ1v) is 15.4. The van der Waals surface area contributed by atoms with Crippen molar-refractivity contribution < 1.29 is 17.9 Å². The quantitative estimate of drug-likeness (QED) is 0.240. The molecule has 0 aliphatic carbocycles. The standard InChI is InChI=1S/C32H42N2O3S/c1-3-5-23-34(24-6-4-2)32-18-16-30(17-19-32)13-12-28-8-10-29(11-9-28)14-15-31-20-25-33(26-21-31)22-7-27-38(35,36)37/h8-21,25H,3-7,22-24,26-27H2,1-2H3,(H,35,36,37)/b13-12+,15-14+. The lowest BCUT2D eigenvalue weighted by Gasteiger charge is -2.24. The molecular weight excluding hydrogens is 492 g/mol. The second kappa shape index (κ2) is 15.5. The highest BCUT2D eigenvalue weighted by molar-refractivity contribution is 7.85. The number of nitrogens with one attached hydrogen (secondary N) is 1. The second-order valence-corrected chi connectivity index (χ2v) is 11.4. The molecule has 0 spiro atoms. The molecule has 1 unspecified atom stereocenters. The molecule has 5 nitrogen and oxygen atoms in total. The van der Waals surface area contributed by atoms with Crippen LogP contribution in [-0.2, 0) is 10.1 Å². The number of hydrogen-bond donors (Lipinski definition) is 1. The third-order valence-corrected chi connectivity index (χ3v) is 7.49. The van der Waals surface area contributed by atoms with Gasteiger partial charge in [0.05, 0.1) is 22.9 Å². The van der Waals surface area contributed by atoms with Gasteiger partial charge in [0.1, 0.15) is 6.54 Å². The summed E-state index contributed by atoms with van der Waals surface area (Å²) in [5.41, 5.74) is 5.93. The van der Waals surface area contributed by atoms with E-state index in [0.717, 1.165) is 41.2 Å². The molecule has 0 amide bonds. The molecule has 1 atom stereocenters. The Kier molecular flexibility index (Phi) is 12.1. The topological polar surface area (TPSA) is 64.9 Å². The van der Waals surface area contributed by atoms with Crippen LogP contribution in [0.5, 0.6) is 0 Å². The molecule has 0 fully saturated rings. The fraction of sp³-hybridized carbons (Fsp3) is 0.375. The summed E-state index contributed by atoms with van der Waals surface area (Å²) in [6, 6.07) is 17.4.